The molecule has 3 rings (SSSR count). The van der Waals surface area contributed by atoms with Crippen LogP contribution in [-0.4, -0.2) is 67.9 Å². The lowest BCUT2D eigenvalue weighted by Crippen LogP contribution is -2.41. The van der Waals surface area contributed by atoms with Gasteiger partial charge in [0.15, 0.2) is 5.96 Å². The summed E-state index contributed by atoms with van der Waals surface area (Å²) < 4.78 is 34.3. The minimum Gasteiger partial charge on any atom is -0.379 e. The molecule has 1 aliphatic heterocycles. The number of guanidine groups is 1. The highest BCUT2D eigenvalue weighted by molar-refractivity contribution is 7.88. The third-order valence-corrected chi connectivity index (χ3v) is 6.81. The zero-order chi connectivity index (χ0) is 21.9. The second kappa shape index (κ2) is 11.8. The maximum absolute atomic E-state index is 12.8. The lowest BCUT2D eigenvalue weighted by atomic mass is 10.1. The second-order valence-corrected chi connectivity index (χ2v) is 9.25. The van der Waals surface area contributed by atoms with Crippen LogP contribution in [0, 0.1) is 0 Å². The number of aliphatic imine (C=N–C) groups is 1. The molecule has 1 saturated heterocycles. The first kappa shape index (κ1) is 23.2. The van der Waals surface area contributed by atoms with Gasteiger partial charge in [-0.05, 0) is 30.5 Å². The Kier molecular flexibility index (Phi) is 8.86. The molecule has 0 unspecified atom stereocenters. The number of rotatable bonds is 10. The van der Waals surface area contributed by atoms with Crippen molar-refractivity contribution in [1.82, 2.24) is 24.7 Å². The third-order valence-electron chi connectivity index (χ3n) is 4.99. The highest BCUT2D eigenvalue weighted by atomic mass is 32.2. The lowest BCUT2D eigenvalue weighted by Gasteiger charge is -2.26. The molecule has 170 valence electrons. The number of aromatic nitrogens is 2. The molecule has 1 aliphatic rings. The van der Waals surface area contributed by atoms with Crippen LogP contribution < -0.4 is 10.6 Å². The molecule has 2 heterocycles. The summed E-state index contributed by atoms with van der Waals surface area (Å²) >= 11 is 0. The monoisotopic (exact) mass is 448 g/mol. The summed E-state index contributed by atoms with van der Waals surface area (Å²) in [5.41, 5.74) is 1.69. The van der Waals surface area contributed by atoms with Crippen molar-refractivity contribution in [2.24, 2.45) is 4.99 Å². The van der Waals surface area contributed by atoms with Crippen LogP contribution in [0.5, 0.6) is 0 Å². The highest BCUT2D eigenvalue weighted by Crippen LogP contribution is 2.17. The van der Waals surface area contributed by atoms with E-state index < -0.39 is 10.0 Å². The number of sulfonamides is 1. The first-order chi connectivity index (χ1) is 15.1. The topological polar surface area (TPSA) is 101 Å². The zero-order valence-electron chi connectivity index (χ0n) is 18.0. The van der Waals surface area contributed by atoms with Crippen LogP contribution in [0.1, 0.15) is 24.5 Å². The van der Waals surface area contributed by atoms with E-state index in [1.54, 1.807) is 6.20 Å². The van der Waals surface area contributed by atoms with Crippen molar-refractivity contribution in [1.29, 1.82) is 0 Å². The summed E-state index contributed by atoms with van der Waals surface area (Å²) in [6.45, 7) is 6.49. The van der Waals surface area contributed by atoms with Gasteiger partial charge in [0.1, 0.15) is 0 Å². The number of hydrogen-bond acceptors (Lipinski definition) is 5. The smallest absolute Gasteiger partial charge is 0.218 e. The molecule has 0 aliphatic carbocycles. The van der Waals surface area contributed by atoms with E-state index in [1.165, 1.54) is 4.31 Å². The van der Waals surface area contributed by atoms with Gasteiger partial charge in [-0.25, -0.2) is 13.4 Å². The number of nitrogens with zero attached hydrogens (tertiary/aromatic N) is 4. The molecular formula is C21H32N6O3S. The average molecular weight is 449 g/mol. The van der Waals surface area contributed by atoms with Gasteiger partial charge in [-0.1, -0.05) is 24.3 Å². The molecule has 0 bridgehead atoms. The molecule has 0 radical (unpaired) electrons. The van der Waals surface area contributed by atoms with Crippen LogP contribution in [0.25, 0.3) is 0 Å². The van der Waals surface area contributed by atoms with Crippen LogP contribution >= 0.6 is 0 Å². The van der Waals surface area contributed by atoms with Gasteiger partial charge in [-0.2, -0.15) is 9.40 Å². The van der Waals surface area contributed by atoms with Crippen molar-refractivity contribution >= 4 is 16.0 Å². The molecule has 31 heavy (non-hydrogen) atoms. The van der Waals surface area contributed by atoms with Crippen LogP contribution in [0.2, 0.25) is 0 Å². The molecule has 0 spiro atoms. The number of nitrogens with one attached hydrogen (secondary N) is 2. The van der Waals surface area contributed by atoms with E-state index in [9.17, 15) is 8.42 Å². The molecule has 1 fully saturated rings. The molecule has 9 nitrogen and oxygen atoms in total. The van der Waals surface area contributed by atoms with E-state index in [4.69, 9.17) is 4.74 Å². The average Bonchev–Trinajstić information content (AvgIpc) is 3.30. The van der Waals surface area contributed by atoms with Crippen LogP contribution in [-0.2, 0) is 33.6 Å². The van der Waals surface area contributed by atoms with Gasteiger partial charge >= 0.3 is 0 Å². The molecule has 0 atom stereocenters. The fraction of sp³-hybridized carbons (Fsp3) is 0.524. The van der Waals surface area contributed by atoms with E-state index in [0.717, 1.165) is 37.2 Å². The number of aryl methyl sites for hydroxylation is 1. The Morgan fingerprint density at radius 3 is 2.65 bits per heavy atom. The molecule has 1 aromatic carbocycles. The molecule has 1 aromatic heterocycles. The third kappa shape index (κ3) is 7.34. The Hall–Kier alpha value is -2.43. The fourth-order valence-corrected chi connectivity index (χ4v) is 4.91. The van der Waals surface area contributed by atoms with Crippen molar-refractivity contribution in [3.8, 4) is 0 Å². The number of benzene rings is 1. The minimum absolute atomic E-state index is 0.0213. The Bertz CT molecular complexity index is 924. The van der Waals surface area contributed by atoms with Gasteiger partial charge in [0.05, 0.1) is 25.5 Å². The van der Waals surface area contributed by atoms with E-state index >= 15 is 0 Å². The highest BCUT2D eigenvalue weighted by Gasteiger charge is 2.25. The van der Waals surface area contributed by atoms with Crippen LogP contribution in [0.4, 0.5) is 0 Å². The van der Waals surface area contributed by atoms with Gasteiger partial charge in [-0.3, -0.25) is 4.68 Å². The van der Waals surface area contributed by atoms with Crippen molar-refractivity contribution in [2.75, 3.05) is 39.4 Å². The molecule has 0 amide bonds. The zero-order valence-corrected chi connectivity index (χ0v) is 18.9. The summed E-state index contributed by atoms with van der Waals surface area (Å²) in [5, 5.41) is 10.8. The summed E-state index contributed by atoms with van der Waals surface area (Å²) in [6.07, 6.45) is 4.64. The Morgan fingerprint density at radius 2 is 1.94 bits per heavy atom. The predicted octanol–water partition coefficient (Wildman–Crippen LogP) is 1.19. The second-order valence-electron chi connectivity index (χ2n) is 7.28. The molecule has 2 N–H and O–H groups in total. The van der Waals surface area contributed by atoms with Gasteiger partial charge in [0, 0.05) is 45.1 Å². The molecular weight excluding hydrogens is 416 g/mol. The number of morpholine rings is 1. The number of hydrogen-bond donors (Lipinski definition) is 2. The summed E-state index contributed by atoms with van der Waals surface area (Å²) in [5.74, 6) is 0.695. The van der Waals surface area contributed by atoms with E-state index in [0.29, 0.717) is 38.8 Å². The summed E-state index contributed by atoms with van der Waals surface area (Å²) in [6, 6.07) is 9.51. The Labute approximate surface area is 184 Å². The van der Waals surface area contributed by atoms with Gasteiger partial charge < -0.3 is 15.4 Å². The molecule has 2 aromatic rings. The van der Waals surface area contributed by atoms with Crippen LogP contribution in [0.3, 0.4) is 0 Å². The van der Waals surface area contributed by atoms with Gasteiger partial charge in [0.25, 0.3) is 0 Å². The predicted molar refractivity (Wildman–Crippen MR) is 121 cm³/mol. The maximum Gasteiger partial charge on any atom is 0.218 e. The molecule has 10 heteroatoms. The SMILES string of the molecule is CCNC(=NCc1ccccc1CS(=O)(=O)N1CCOCC1)NCCCn1cccn1. The fourth-order valence-electron chi connectivity index (χ4n) is 3.35. The minimum atomic E-state index is -3.38. The molecule has 0 saturated carbocycles. The van der Waals surface area contributed by atoms with Crippen molar-refractivity contribution in [2.45, 2.75) is 32.2 Å². The van der Waals surface area contributed by atoms with Crippen molar-refractivity contribution < 1.29 is 13.2 Å². The number of ether oxygens (including phenoxy) is 1. The Balaban J connectivity index is 1.59. The van der Waals surface area contributed by atoms with E-state index in [2.05, 4.69) is 20.7 Å². The summed E-state index contributed by atoms with van der Waals surface area (Å²) in [4.78, 5) is 4.67. The largest absolute Gasteiger partial charge is 0.379 e. The quantitative estimate of drug-likeness (QED) is 0.322. The Morgan fingerprint density at radius 1 is 1.16 bits per heavy atom. The van der Waals surface area contributed by atoms with E-state index in [-0.39, 0.29) is 5.75 Å². The van der Waals surface area contributed by atoms with Crippen molar-refractivity contribution in [3.63, 3.8) is 0 Å². The standard InChI is InChI=1S/C21H32N6O3S/c1-2-22-21(23-9-5-11-26-12-6-10-25-26)24-17-19-7-3-4-8-20(19)18-31(28,29)27-13-15-30-16-14-27/h3-4,6-8,10,12H,2,5,9,11,13-18H2,1H3,(H2,22,23,24). The van der Waals surface area contributed by atoms with Gasteiger partial charge in [-0.15, -0.1) is 0 Å². The summed E-state index contributed by atoms with van der Waals surface area (Å²) in [7, 11) is -3.38. The van der Waals surface area contributed by atoms with Gasteiger partial charge in [0.2, 0.25) is 10.0 Å². The maximum atomic E-state index is 12.8. The lowest BCUT2D eigenvalue weighted by molar-refractivity contribution is 0.0729. The van der Waals surface area contributed by atoms with Crippen molar-refractivity contribution in [3.05, 3.63) is 53.9 Å². The first-order valence-electron chi connectivity index (χ1n) is 10.7. The normalized spacial score (nSPS) is 15.7. The van der Waals surface area contributed by atoms with E-state index in [1.807, 2.05) is 48.1 Å². The first-order valence-corrected chi connectivity index (χ1v) is 12.3. The van der Waals surface area contributed by atoms with Crippen LogP contribution in [0.15, 0.2) is 47.7 Å².